The van der Waals surface area contributed by atoms with Crippen molar-refractivity contribution in [1.29, 1.82) is 0 Å². The minimum absolute atomic E-state index is 0.0216. The number of carbonyl (C=O) groups excluding carboxylic acids is 1. The maximum atomic E-state index is 12.2. The van der Waals surface area contributed by atoms with Crippen molar-refractivity contribution in [1.82, 2.24) is 9.88 Å². The summed E-state index contributed by atoms with van der Waals surface area (Å²) in [5.41, 5.74) is -0.0216. The number of hydrogen-bond donors (Lipinski definition) is 1. The predicted molar refractivity (Wildman–Crippen MR) is 70.2 cm³/mol. The number of piperidine rings is 1. The lowest BCUT2D eigenvalue weighted by molar-refractivity contribution is -0.139. The summed E-state index contributed by atoms with van der Waals surface area (Å²) in [4.78, 5) is 29.8. The van der Waals surface area contributed by atoms with Gasteiger partial charge in [-0.1, -0.05) is 0 Å². The van der Waals surface area contributed by atoms with E-state index in [1.165, 1.54) is 11.3 Å². The molecule has 5 nitrogen and oxygen atoms in total. The van der Waals surface area contributed by atoms with Gasteiger partial charge in [0, 0.05) is 13.1 Å². The number of aromatic nitrogens is 1. The van der Waals surface area contributed by atoms with E-state index in [9.17, 15) is 9.59 Å². The van der Waals surface area contributed by atoms with E-state index in [2.05, 4.69) is 4.98 Å². The molecule has 1 aliphatic heterocycles. The Bertz CT molecular complexity index is 532. The van der Waals surface area contributed by atoms with Gasteiger partial charge in [-0.05, 0) is 31.6 Å². The quantitative estimate of drug-likeness (QED) is 0.896. The van der Waals surface area contributed by atoms with Gasteiger partial charge >= 0.3 is 5.97 Å². The molecule has 2 fully saturated rings. The van der Waals surface area contributed by atoms with E-state index in [0.717, 1.165) is 24.3 Å². The Morgan fingerprint density at radius 1 is 1.47 bits per heavy atom. The fourth-order valence-corrected chi connectivity index (χ4v) is 3.77. The van der Waals surface area contributed by atoms with Gasteiger partial charge in [-0.25, -0.2) is 4.98 Å². The molecule has 102 valence electrons. The van der Waals surface area contributed by atoms with Crippen molar-refractivity contribution in [2.75, 3.05) is 13.1 Å². The number of thiazole rings is 1. The summed E-state index contributed by atoms with van der Waals surface area (Å²) >= 11 is 1.41. The number of aliphatic carboxylic acids is 1. The summed E-state index contributed by atoms with van der Waals surface area (Å²) in [6, 6.07) is 0. The van der Waals surface area contributed by atoms with Crippen LogP contribution in [0.1, 0.15) is 33.9 Å². The van der Waals surface area contributed by atoms with Gasteiger partial charge in [0.1, 0.15) is 4.88 Å². The van der Waals surface area contributed by atoms with Crippen molar-refractivity contribution in [2.45, 2.75) is 26.2 Å². The molecular formula is C13H16N2O3S. The predicted octanol–water partition coefficient (Wildman–Crippen LogP) is 1.78. The molecule has 0 radical (unpaired) electrons. The standard InChI is InChI=1S/C13H16N2O3S/c1-8-14-7-10(19-8)11(16)15-4-2-13(3-5-15)6-9(13)12(17)18/h7,9H,2-6H2,1H3,(H,17,18). The van der Waals surface area contributed by atoms with Crippen LogP contribution in [-0.4, -0.2) is 40.0 Å². The molecular weight excluding hydrogens is 264 g/mol. The highest BCUT2D eigenvalue weighted by Crippen LogP contribution is 2.59. The molecule has 19 heavy (non-hydrogen) atoms. The number of amides is 1. The van der Waals surface area contributed by atoms with E-state index >= 15 is 0 Å². The van der Waals surface area contributed by atoms with E-state index in [1.54, 1.807) is 6.20 Å². The number of carboxylic acids is 1. The van der Waals surface area contributed by atoms with Crippen molar-refractivity contribution in [3.8, 4) is 0 Å². The number of aryl methyl sites for hydroxylation is 1. The van der Waals surface area contributed by atoms with E-state index < -0.39 is 5.97 Å². The Kier molecular flexibility index (Phi) is 2.85. The lowest BCUT2D eigenvalue weighted by atomic mass is 9.91. The molecule has 3 rings (SSSR count). The van der Waals surface area contributed by atoms with Crippen LogP contribution in [0.4, 0.5) is 0 Å². The number of likely N-dealkylation sites (tertiary alicyclic amines) is 1. The molecule has 6 heteroatoms. The number of carboxylic acid groups (broad SMARTS) is 1. The van der Waals surface area contributed by atoms with Crippen LogP contribution in [0.5, 0.6) is 0 Å². The van der Waals surface area contributed by atoms with Crippen LogP contribution in [0.2, 0.25) is 0 Å². The monoisotopic (exact) mass is 280 g/mol. The Morgan fingerprint density at radius 2 is 2.16 bits per heavy atom. The molecule has 1 aromatic heterocycles. The molecule has 1 atom stereocenters. The van der Waals surface area contributed by atoms with Crippen molar-refractivity contribution in [3.63, 3.8) is 0 Å². The van der Waals surface area contributed by atoms with Crippen molar-refractivity contribution >= 4 is 23.2 Å². The smallest absolute Gasteiger partial charge is 0.307 e. The summed E-state index contributed by atoms with van der Waals surface area (Å²) < 4.78 is 0. The molecule has 2 aliphatic rings. The lowest BCUT2D eigenvalue weighted by Gasteiger charge is -2.32. The van der Waals surface area contributed by atoms with E-state index in [0.29, 0.717) is 18.0 Å². The second-order valence-electron chi connectivity index (χ2n) is 5.49. The Hall–Kier alpha value is -1.43. The summed E-state index contributed by atoms with van der Waals surface area (Å²) in [6.07, 6.45) is 4.04. The molecule has 0 aromatic carbocycles. The molecule has 0 bridgehead atoms. The minimum atomic E-state index is -0.683. The molecule has 1 amide bonds. The highest BCUT2D eigenvalue weighted by Gasteiger charge is 2.59. The number of rotatable bonds is 2. The minimum Gasteiger partial charge on any atom is -0.481 e. The van der Waals surface area contributed by atoms with Gasteiger partial charge in [-0.3, -0.25) is 9.59 Å². The van der Waals surface area contributed by atoms with Gasteiger partial charge in [0.15, 0.2) is 0 Å². The second-order valence-corrected chi connectivity index (χ2v) is 6.73. The average molecular weight is 280 g/mol. The number of hydrogen-bond acceptors (Lipinski definition) is 4. The third-order valence-electron chi connectivity index (χ3n) is 4.37. The van der Waals surface area contributed by atoms with E-state index in [4.69, 9.17) is 5.11 Å². The summed E-state index contributed by atoms with van der Waals surface area (Å²) in [6.45, 7) is 3.22. The summed E-state index contributed by atoms with van der Waals surface area (Å²) in [7, 11) is 0. The van der Waals surface area contributed by atoms with Crippen LogP contribution in [-0.2, 0) is 4.79 Å². The molecule has 1 saturated heterocycles. The van der Waals surface area contributed by atoms with Gasteiger partial charge in [-0.2, -0.15) is 0 Å². The average Bonchev–Trinajstić information content (AvgIpc) is 2.91. The number of nitrogens with zero attached hydrogens (tertiary/aromatic N) is 2. The molecule has 1 N–H and O–H groups in total. The first-order chi connectivity index (χ1) is 9.02. The zero-order chi connectivity index (χ0) is 13.6. The maximum Gasteiger partial charge on any atom is 0.307 e. The Balaban J connectivity index is 1.62. The van der Waals surface area contributed by atoms with Gasteiger partial charge in [-0.15, -0.1) is 11.3 Å². The maximum absolute atomic E-state index is 12.2. The highest BCUT2D eigenvalue weighted by molar-refractivity contribution is 7.13. The second kappa shape index (κ2) is 4.30. The third kappa shape index (κ3) is 2.14. The molecule has 2 heterocycles. The molecule has 1 spiro atoms. The van der Waals surface area contributed by atoms with Crippen LogP contribution in [0, 0.1) is 18.3 Å². The van der Waals surface area contributed by atoms with Gasteiger partial charge < -0.3 is 10.0 Å². The van der Waals surface area contributed by atoms with Gasteiger partial charge in [0.05, 0.1) is 17.1 Å². The first-order valence-corrected chi connectivity index (χ1v) is 7.28. The molecule has 1 saturated carbocycles. The zero-order valence-electron chi connectivity index (χ0n) is 10.8. The first-order valence-electron chi connectivity index (χ1n) is 6.46. The van der Waals surface area contributed by atoms with Crippen LogP contribution >= 0.6 is 11.3 Å². The normalized spacial score (nSPS) is 24.5. The molecule has 1 aromatic rings. The summed E-state index contributed by atoms with van der Waals surface area (Å²) in [5.74, 6) is -0.832. The lowest BCUT2D eigenvalue weighted by Crippen LogP contribution is -2.39. The van der Waals surface area contributed by atoms with Crippen LogP contribution in [0.15, 0.2) is 6.20 Å². The van der Waals surface area contributed by atoms with E-state index in [-0.39, 0.29) is 17.2 Å². The Labute approximate surface area is 115 Å². The largest absolute Gasteiger partial charge is 0.481 e. The van der Waals surface area contributed by atoms with Crippen LogP contribution in [0.25, 0.3) is 0 Å². The highest BCUT2D eigenvalue weighted by atomic mass is 32.1. The van der Waals surface area contributed by atoms with Crippen LogP contribution < -0.4 is 0 Å². The van der Waals surface area contributed by atoms with E-state index in [1.807, 2.05) is 11.8 Å². The fraction of sp³-hybridized carbons (Fsp3) is 0.615. The Morgan fingerprint density at radius 3 is 2.63 bits per heavy atom. The van der Waals surface area contributed by atoms with Crippen LogP contribution in [0.3, 0.4) is 0 Å². The molecule has 1 unspecified atom stereocenters. The SMILES string of the molecule is Cc1ncc(C(=O)N2CCC3(CC2)CC3C(=O)O)s1. The first kappa shape index (κ1) is 12.6. The van der Waals surface area contributed by atoms with Crippen molar-refractivity contribution < 1.29 is 14.7 Å². The van der Waals surface area contributed by atoms with Gasteiger partial charge in [0.2, 0.25) is 0 Å². The third-order valence-corrected chi connectivity index (χ3v) is 5.27. The summed E-state index contributed by atoms with van der Waals surface area (Å²) in [5, 5.41) is 9.93. The van der Waals surface area contributed by atoms with Gasteiger partial charge in [0.25, 0.3) is 5.91 Å². The zero-order valence-corrected chi connectivity index (χ0v) is 11.6. The molecule has 1 aliphatic carbocycles. The topological polar surface area (TPSA) is 70.5 Å². The van der Waals surface area contributed by atoms with Crippen molar-refractivity contribution in [3.05, 3.63) is 16.1 Å². The number of carbonyl (C=O) groups is 2. The van der Waals surface area contributed by atoms with Crippen molar-refractivity contribution in [2.24, 2.45) is 11.3 Å². The fourth-order valence-electron chi connectivity index (χ4n) is 3.02.